The number of nitrogens with one attached hydrogen (secondary N) is 1. The van der Waals surface area contributed by atoms with Gasteiger partial charge in [0.25, 0.3) is 5.91 Å². The molecule has 5 heteroatoms. The van der Waals surface area contributed by atoms with Gasteiger partial charge >= 0.3 is 0 Å². The van der Waals surface area contributed by atoms with E-state index in [1.807, 2.05) is 30.3 Å². The van der Waals surface area contributed by atoms with Gasteiger partial charge in [0.05, 0.1) is 6.54 Å². The fourth-order valence-corrected chi connectivity index (χ4v) is 3.06. The summed E-state index contributed by atoms with van der Waals surface area (Å²) in [6, 6.07) is 15.1. The highest BCUT2D eigenvalue weighted by Crippen LogP contribution is 2.19. The summed E-state index contributed by atoms with van der Waals surface area (Å²) in [5.74, 6) is 5.33. The lowest BCUT2D eigenvalue weighted by Crippen LogP contribution is -2.43. The lowest BCUT2D eigenvalue weighted by atomic mass is 9.95. The van der Waals surface area contributed by atoms with Crippen molar-refractivity contribution in [1.82, 2.24) is 10.2 Å². The van der Waals surface area contributed by atoms with Crippen LogP contribution in [0, 0.1) is 23.6 Å². The standard InChI is InChI=1S/C22H21FN2O2/c23-20-10-8-19(9-11-20)22(27)25-15-12-18(13-16-25)21(26)24-14-4-7-17-5-2-1-3-6-17/h1-3,5-6,8-11,18H,12-16H2,(H,24,26). The van der Waals surface area contributed by atoms with Crippen LogP contribution < -0.4 is 5.32 Å². The Bertz CT molecular complexity index is 845. The number of hydrogen-bond donors (Lipinski definition) is 1. The van der Waals surface area contributed by atoms with Gasteiger partial charge in [-0.3, -0.25) is 9.59 Å². The number of likely N-dealkylation sites (tertiary alicyclic amines) is 1. The van der Waals surface area contributed by atoms with Crippen molar-refractivity contribution in [3.8, 4) is 11.8 Å². The zero-order valence-electron chi connectivity index (χ0n) is 15.0. The number of carbonyl (C=O) groups is 2. The topological polar surface area (TPSA) is 49.4 Å². The molecule has 1 N–H and O–H groups in total. The van der Waals surface area contributed by atoms with Crippen LogP contribution in [0.15, 0.2) is 54.6 Å². The summed E-state index contributed by atoms with van der Waals surface area (Å²) in [4.78, 5) is 26.4. The largest absolute Gasteiger partial charge is 0.345 e. The van der Waals surface area contributed by atoms with E-state index in [-0.39, 0.29) is 23.5 Å². The number of rotatable bonds is 3. The molecule has 1 fully saturated rings. The van der Waals surface area contributed by atoms with Crippen LogP contribution in [0.4, 0.5) is 4.39 Å². The highest BCUT2D eigenvalue weighted by molar-refractivity contribution is 5.94. The third-order valence-corrected chi connectivity index (χ3v) is 4.60. The molecule has 0 aromatic heterocycles. The van der Waals surface area contributed by atoms with Crippen LogP contribution in [0.3, 0.4) is 0 Å². The molecule has 138 valence electrons. The lowest BCUT2D eigenvalue weighted by molar-refractivity contribution is -0.126. The first-order valence-electron chi connectivity index (χ1n) is 9.00. The van der Waals surface area contributed by atoms with E-state index in [0.717, 1.165) is 5.56 Å². The molecular formula is C22H21FN2O2. The fourth-order valence-electron chi connectivity index (χ4n) is 3.06. The molecule has 2 amide bonds. The van der Waals surface area contributed by atoms with Gasteiger partial charge in [-0.15, -0.1) is 0 Å². The molecule has 0 spiro atoms. The van der Waals surface area contributed by atoms with E-state index >= 15 is 0 Å². The molecule has 0 radical (unpaired) electrons. The Labute approximate surface area is 158 Å². The molecule has 2 aromatic rings. The molecule has 1 heterocycles. The van der Waals surface area contributed by atoms with Gasteiger partial charge in [-0.2, -0.15) is 0 Å². The maximum absolute atomic E-state index is 13.0. The van der Waals surface area contributed by atoms with E-state index in [1.165, 1.54) is 24.3 Å². The van der Waals surface area contributed by atoms with E-state index in [0.29, 0.717) is 38.0 Å². The van der Waals surface area contributed by atoms with Crippen LogP contribution in [0.2, 0.25) is 0 Å². The molecule has 4 nitrogen and oxygen atoms in total. The second-order valence-corrected chi connectivity index (χ2v) is 6.46. The predicted molar refractivity (Wildman–Crippen MR) is 101 cm³/mol. The minimum absolute atomic E-state index is 0.0220. The van der Waals surface area contributed by atoms with Crippen LogP contribution in [0.25, 0.3) is 0 Å². The Morgan fingerprint density at radius 3 is 2.37 bits per heavy atom. The van der Waals surface area contributed by atoms with E-state index < -0.39 is 0 Å². The molecule has 1 aliphatic rings. The SMILES string of the molecule is O=C(NCC#Cc1ccccc1)C1CCN(C(=O)c2ccc(F)cc2)CC1. The smallest absolute Gasteiger partial charge is 0.253 e. The fraction of sp³-hybridized carbons (Fsp3) is 0.273. The maximum Gasteiger partial charge on any atom is 0.253 e. The quantitative estimate of drug-likeness (QED) is 0.852. The van der Waals surface area contributed by atoms with Crippen molar-refractivity contribution in [2.45, 2.75) is 12.8 Å². The molecule has 2 aromatic carbocycles. The number of carbonyl (C=O) groups excluding carboxylic acids is 2. The first kappa shape index (κ1) is 18.7. The molecule has 0 bridgehead atoms. The van der Waals surface area contributed by atoms with E-state index in [1.54, 1.807) is 4.90 Å². The Morgan fingerprint density at radius 2 is 1.70 bits per heavy atom. The van der Waals surface area contributed by atoms with Gasteiger partial charge < -0.3 is 10.2 Å². The van der Waals surface area contributed by atoms with Gasteiger partial charge in [0.15, 0.2) is 0 Å². The molecule has 0 atom stereocenters. The van der Waals surface area contributed by atoms with Crippen molar-refractivity contribution in [2.24, 2.45) is 5.92 Å². The average Bonchev–Trinajstić information content (AvgIpc) is 2.72. The monoisotopic (exact) mass is 364 g/mol. The van der Waals surface area contributed by atoms with Crippen molar-refractivity contribution in [2.75, 3.05) is 19.6 Å². The number of hydrogen-bond acceptors (Lipinski definition) is 2. The second kappa shape index (κ2) is 9.00. The molecular weight excluding hydrogens is 343 g/mol. The third-order valence-electron chi connectivity index (χ3n) is 4.60. The van der Waals surface area contributed by atoms with Gasteiger partial charge in [-0.05, 0) is 49.2 Å². The average molecular weight is 364 g/mol. The molecule has 0 aliphatic carbocycles. The highest BCUT2D eigenvalue weighted by atomic mass is 19.1. The summed E-state index contributed by atoms with van der Waals surface area (Å²) < 4.78 is 13.0. The van der Waals surface area contributed by atoms with Crippen LogP contribution in [-0.2, 0) is 4.79 Å². The highest BCUT2D eigenvalue weighted by Gasteiger charge is 2.27. The van der Waals surface area contributed by atoms with Crippen molar-refractivity contribution >= 4 is 11.8 Å². The first-order chi connectivity index (χ1) is 13.1. The van der Waals surface area contributed by atoms with E-state index in [4.69, 9.17) is 0 Å². The van der Waals surface area contributed by atoms with E-state index in [2.05, 4.69) is 17.2 Å². The molecule has 1 saturated heterocycles. The second-order valence-electron chi connectivity index (χ2n) is 6.46. The summed E-state index contributed by atoms with van der Waals surface area (Å²) in [6.45, 7) is 1.34. The molecule has 3 rings (SSSR count). The van der Waals surface area contributed by atoms with Crippen LogP contribution in [0.5, 0.6) is 0 Å². The first-order valence-corrected chi connectivity index (χ1v) is 9.00. The Kier molecular flexibility index (Phi) is 6.22. The number of halogens is 1. The van der Waals surface area contributed by atoms with Crippen LogP contribution in [0.1, 0.15) is 28.8 Å². The van der Waals surface area contributed by atoms with Crippen LogP contribution in [-0.4, -0.2) is 36.3 Å². The number of piperidine rings is 1. The van der Waals surface area contributed by atoms with Crippen molar-refractivity contribution in [3.63, 3.8) is 0 Å². The summed E-state index contributed by atoms with van der Waals surface area (Å²) in [5, 5.41) is 2.85. The summed E-state index contributed by atoms with van der Waals surface area (Å²) >= 11 is 0. The third kappa shape index (κ3) is 5.18. The van der Waals surface area contributed by atoms with Crippen LogP contribution >= 0.6 is 0 Å². The molecule has 27 heavy (non-hydrogen) atoms. The van der Waals surface area contributed by atoms with Gasteiger partial charge in [0.1, 0.15) is 5.82 Å². The number of nitrogens with zero attached hydrogens (tertiary/aromatic N) is 1. The summed E-state index contributed by atoms with van der Waals surface area (Å²) in [7, 11) is 0. The summed E-state index contributed by atoms with van der Waals surface area (Å²) in [6.07, 6.45) is 1.23. The van der Waals surface area contributed by atoms with Gasteiger partial charge in [-0.1, -0.05) is 30.0 Å². The van der Waals surface area contributed by atoms with Gasteiger partial charge in [0, 0.05) is 30.1 Å². The van der Waals surface area contributed by atoms with Crippen molar-refractivity contribution in [3.05, 3.63) is 71.5 Å². The zero-order chi connectivity index (χ0) is 19.1. The number of amides is 2. The normalized spacial score (nSPS) is 14.2. The number of benzene rings is 2. The van der Waals surface area contributed by atoms with E-state index in [9.17, 15) is 14.0 Å². The van der Waals surface area contributed by atoms with Crippen molar-refractivity contribution in [1.29, 1.82) is 0 Å². The molecule has 0 unspecified atom stereocenters. The molecule has 0 saturated carbocycles. The predicted octanol–water partition coefficient (Wildman–Crippen LogP) is 2.85. The Morgan fingerprint density at radius 1 is 1.04 bits per heavy atom. The zero-order valence-corrected chi connectivity index (χ0v) is 15.0. The summed E-state index contributed by atoms with van der Waals surface area (Å²) in [5.41, 5.74) is 1.38. The van der Waals surface area contributed by atoms with Gasteiger partial charge in [0.2, 0.25) is 5.91 Å². The minimum atomic E-state index is -0.364. The minimum Gasteiger partial charge on any atom is -0.345 e. The Balaban J connectivity index is 1.44. The maximum atomic E-state index is 13.0. The van der Waals surface area contributed by atoms with Gasteiger partial charge in [-0.25, -0.2) is 4.39 Å². The lowest BCUT2D eigenvalue weighted by Gasteiger charge is -2.31. The Hall–Kier alpha value is -3.13. The molecule has 1 aliphatic heterocycles. The van der Waals surface area contributed by atoms with Crippen molar-refractivity contribution < 1.29 is 14.0 Å².